The lowest BCUT2D eigenvalue weighted by Crippen LogP contribution is -2.01. The summed E-state index contributed by atoms with van der Waals surface area (Å²) in [5.41, 5.74) is 6.39. The zero-order chi connectivity index (χ0) is 11.1. The number of hydrogen-bond acceptors (Lipinski definition) is 3. The standard InChI is InChI=1S/C12H19NO2/c1-3-7-14-11-6-5-10(13)9-12(11)15-8-4-2/h5-6,9H,3-4,7-8,13H2,1-2H3. The second-order valence-corrected chi connectivity index (χ2v) is 3.40. The van der Waals surface area contributed by atoms with Gasteiger partial charge in [0.1, 0.15) is 0 Å². The summed E-state index contributed by atoms with van der Waals surface area (Å²) in [5, 5.41) is 0. The lowest BCUT2D eigenvalue weighted by molar-refractivity contribution is 0.268. The number of nitrogens with two attached hydrogens (primary N) is 1. The molecule has 3 nitrogen and oxygen atoms in total. The van der Waals surface area contributed by atoms with E-state index >= 15 is 0 Å². The van der Waals surface area contributed by atoms with Gasteiger partial charge < -0.3 is 15.2 Å². The van der Waals surface area contributed by atoms with Crippen molar-refractivity contribution in [1.29, 1.82) is 0 Å². The van der Waals surface area contributed by atoms with Crippen molar-refractivity contribution in [2.45, 2.75) is 26.7 Å². The van der Waals surface area contributed by atoms with Crippen molar-refractivity contribution in [1.82, 2.24) is 0 Å². The quantitative estimate of drug-likeness (QED) is 0.733. The minimum absolute atomic E-state index is 0.686. The molecule has 0 radical (unpaired) electrons. The van der Waals surface area contributed by atoms with Gasteiger partial charge in [0.25, 0.3) is 0 Å². The first kappa shape index (κ1) is 11.7. The van der Waals surface area contributed by atoms with E-state index in [1.807, 2.05) is 12.1 Å². The monoisotopic (exact) mass is 209 g/mol. The Labute approximate surface area is 91.2 Å². The van der Waals surface area contributed by atoms with E-state index in [2.05, 4.69) is 13.8 Å². The van der Waals surface area contributed by atoms with E-state index in [1.165, 1.54) is 0 Å². The number of rotatable bonds is 6. The van der Waals surface area contributed by atoms with Gasteiger partial charge in [0, 0.05) is 11.8 Å². The van der Waals surface area contributed by atoms with Crippen molar-refractivity contribution >= 4 is 5.69 Å². The molecule has 2 N–H and O–H groups in total. The zero-order valence-corrected chi connectivity index (χ0v) is 9.45. The van der Waals surface area contributed by atoms with Crippen molar-refractivity contribution < 1.29 is 9.47 Å². The molecule has 0 fully saturated rings. The first-order valence-electron chi connectivity index (χ1n) is 5.43. The Morgan fingerprint density at radius 2 is 1.60 bits per heavy atom. The van der Waals surface area contributed by atoms with Crippen molar-refractivity contribution in [3.05, 3.63) is 18.2 Å². The van der Waals surface area contributed by atoms with Crippen LogP contribution in [0.5, 0.6) is 11.5 Å². The SMILES string of the molecule is CCCOc1ccc(N)cc1OCCC. The van der Waals surface area contributed by atoms with Crippen LogP contribution < -0.4 is 15.2 Å². The van der Waals surface area contributed by atoms with Gasteiger partial charge in [-0.15, -0.1) is 0 Å². The summed E-state index contributed by atoms with van der Waals surface area (Å²) in [6.07, 6.45) is 1.96. The van der Waals surface area contributed by atoms with Gasteiger partial charge in [0.15, 0.2) is 11.5 Å². The molecule has 1 aromatic rings. The molecule has 3 heteroatoms. The maximum absolute atomic E-state index is 5.69. The van der Waals surface area contributed by atoms with Gasteiger partial charge in [0.2, 0.25) is 0 Å². The van der Waals surface area contributed by atoms with E-state index in [9.17, 15) is 0 Å². The molecular weight excluding hydrogens is 190 g/mol. The van der Waals surface area contributed by atoms with Crippen LogP contribution >= 0.6 is 0 Å². The van der Waals surface area contributed by atoms with Crippen LogP contribution in [0.25, 0.3) is 0 Å². The maximum Gasteiger partial charge on any atom is 0.163 e. The highest BCUT2D eigenvalue weighted by molar-refractivity contribution is 5.51. The summed E-state index contributed by atoms with van der Waals surface area (Å²) in [4.78, 5) is 0. The highest BCUT2D eigenvalue weighted by atomic mass is 16.5. The maximum atomic E-state index is 5.69. The van der Waals surface area contributed by atoms with Crippen molar-refractivity contribution in [2.24, 2.45) is 0 Å². The molecule has 0 amide bonds. The molecule has 15 heavy (non-hydrogen) atoms. The van der Waals surface area contributed by atoms with Crippen LogP contribution in [0.3, 0.4) is 0 Å². The fraction of sp³-hybridized carbons (Fsp3) is 0.500. The fourth-order valence-electron chi connectivity index (χ4n) is 1.18. The van der Waals surface area contributed by atoms with E-state index in [-0.39, 0.29) is 0 Å². The first-order valence-corrected chi connectivity index (χ1v) is 5.43. The van der Waals surface area contributed by atoms with E-state index in [1.54, 1.807) is 6.07 Å². The lowest BCUT2D eigenvalue weighted by Gasteiger charge is -2.12. The van der Waals surface area contributed by atoms with Crippen LogP contribution in [0, 0.1) is 0 Å². The third-order valence-electron chi connectivity index (χ3n) is 1.89. The second-order valence-electron chi connectivity index (χ2n) is 3.40. The smallest absolute Gasteiger partial charge is 0.163 e. The molecule has 0 heterocycles. The number of anilines is 1. The Morgan fingerprint density at radius 3 is 2.20 bits per heavy atom. The summed E-state index contributed by atoms with van der Waals surface area (Å²) in [5.74, 6) is 1.52. The number of hydrogen-bond donors (Lipinski definition) is 1. The summed E-state index contributed by atoms with van der Waals surface area (Å²) in [6, 6.07) is 5.49. The highest BCUT2D eigenvalue weighted by Crippen LogP contribution is 2.29. The number of ether oxygens (including phenoxy) is 2. The van der Waals surface area contributed by atoms with Crippen molar-refractivity contribution in [3.63, 3.8) is 0 Å². The summed E-state index contributed by atoms with van der Waals surface area (Å²) >= 11 is 0. The average Bonchev–Trinajstić information content (AvgIpc) is 2.25. The Hall–Kier alpha value is -1.38. The molecule has 0 aromatic heterocycles. The molecule has 1 aromatic carbocycles. The van der Waals surface area contributed by atoms with E-state index in [0.29, 0.717) is 18.9 Å². The predicted octanol–water partition coefficient (Wildman–Crippen LogP) is 2.85. The first-order chi connectivity index (χ1) is 7.27. The normalized spacial score (nSPS) is 10.0. The van der Waals surface area contributed by atoms with Crippen LogP contribution in [0.2, 0.25) is 0 Å². The number of nitrogen functional groups attached to an aromatic ring is 1. The van der Waals surface area contributed by atoms with Crippen LogP contribution in [0.4, 0.5) is 5.69 Å². The van der Waals surface area contributed by atoms with Crippen molar-refractivity contribution in [3.8, 4) is 11.5 Å². The molecule has 0 aliphatic rings. The molecule has 0 spiro atoms. The summed E-state index contributed by atoms with van der Waals surface area (Å²) in [7, 11) is 0. The Bertz CT molecular complexity index is 300. The van der Waals surface area contributed by atoms with Crippen molar-refractivity contribution in [2.75, 3.05) is 18.9 Å². The summed E-state index contributed by atoms with van der Waals surface area (Å²) < 4.78 is 11.1. The van der Waals surface area contributed by atoms with Gasteiger partial charge >= 0.3 is 0 Å². The highest BCUT2D eigenvalue weighted by Gasteiger charge is 2.04. The molecule has 0 aliphatic heterocycles. The van der Waals surface area contributed by atoms with E-state index in [4.69, 9.17) is 15.2 Å². The minimum atomic E-state index is 0.686. The Morgan fingerprint density at radius 1 is 1.00 bits per heavy atom. The predicted molar refractivity (Wildman–Crippen MR) is 62.4 cm³/mol. The zero-order valence-electron chi connectivity index (χ0n) is 9.45. The van der Waals surface area contributed by atoms with Gasteiger partial charge in [-0.05, 0) is 25.0 Å². The van der Waals surface area contributed by atoms with Gasteiger partial charge in [-0.3, -0.25) is 0 Å². The van der Waals surface area contributed by atoms with Gasteiger partial charge in [-0.2, -0.15) is 0 Å². The second kappa shape index (κ2) is 6.17. The van der Waals surface area contributed by atoms with Crippen LogP contribution in [0.1, 0.15) is 26.7 Å². The minimum Gasteiger partial charge on any atom is -0.490 e. The van der Waals surface area contributed by atoms with Gasteiger partial charge in [0.05, 0.1) is 13.2 Å². The van der Waals surface area contributed by atoms with Crippen LogP contribution in [0.15, 0.2) is 18.2 Å². The molecule has 0 saturated carbocycles. The lowest BCUT2D eigenvalue weighted by atomic mass is 10.3. The molecule has 0 unspecified atom stereocenters. The third-order valence-corrected chi connectivity index (χ3v) is 1.89. The molecule has 0 bridgehead atoms. The van der Waals surface area contributed by atoms with E-state index < -0.39 is 0 Å². The molecule has 0 aliphatic carbocycles. The average molecular weight is 209 g/mol. The third kappa shape index (κ3) is 3.70. The largest absolute Gasteiger partial charge is 0.490 e. The molecule has 0 saturated heterocycles. The topological polar surface area (TPSA) is 44.5 Å². The van der Waals surface area contributed by atoms with Gasteiger partial charge in [-0.1, -0.05) is 13.8 Å². The number of benzene rings is 1. The molecular formula is C12H19NO2. The summed E-state index contributed by atoms with van der Waals surface area (Å²) in [6.45, 7) is 5.53. The van der Waals surface area contributed by atoms with Gasteiger partial charge in [-0.25, -0.2) is 0 Å². The molecule has 0 atom stereocenters. The van der Waals surface area contributed by atoms with Crippen LogP contribution in [-0.4, -0.2) is 13.2 Å². The fourth-order valence-corrected chi connectivity index (χ4v) is 1.18. The Kier molecular flexibility index (Phi) is 4.81. The van der Waals surface area contributed by atoms with Crippen LogP contribution in [-0.2, 0) is 0 Å². The molecule has 1 rings (SSSR count). The van der Waals surface area contributed by atoms with E-state index in [0.717, 1.165) is 24.3 Å². The molecule has 84 valence electrons. The Balaban J connectivity index is 2.73.